The van der Waals surface area contributed by atoms with Crippen molar-refractivity contribution < 1.29 is 4.39 Å². The van der Waals surface area contributed by atoms with Gasteiger partial charge >= 0.3 is 0 Å². The van der Waals surface area contributed by atoms with Gasteiger partial charge in [0.1, 0.15) is 18.5 Å². The molecule has 0 radical (unpaired) electrons. The quantitative estimate of drug-likeness (QED) is 0.681. The molecule has 0 N–H and O–H groups in total. The number of hydrogen-bond donors (Lipinski definition) is 0. The fraction of sp³-hybridized carbons (Fsp3) is 0. The third kappa shape index (κ3) is 3.17. The Morgan fingerprint density at radius 1 is 1.05 bits per heavy atom. The summed E-state index contributed by atoms with van der Waals surface area (Å²) in [7, 11) is 0. The molecule has 3 aromatic rings. The van der Waals surface area contributed by atoms with Gasteiger partial charge in [0, 0.05) is 10.6 Å². The highest BCUT2D eigenvalue weighted by molar-refractivity contribution is 6.30. The first kappa shape index (κ1) is 13.5. The van der Waals surface area contributed by atoms with E-state index in [4.69, 9.17) is 11.6 Å². The molecule has 0 amide bonds. The van der Waals surface area contributed by atoms with Crippen LogP contribution < -0.4 is 0 Å². The Morgan fingerprint density at radius 2 is 1.76 bits per heavy atom. The fourth-order valence-corrected chi connectivity index (χ4v) is 2.08. The Labute approximate surface area is 126 Å². The van der Waals surface area contributed by atoms with Gasteiger partial charge in [-0.15, -0.1) is 0 Å². The first-order valence-electron chi connectivity index (χ1n) is 6.30. The van der Waals surface area contributed by atoms with Crippen LogP contribution in [-0.4, -0.2) is 14.8 Å². The lowest BCUT2D eigenvalue weighted by atomic mass is 10.1. The maximum absolute atomic E-state index is 13.0. The van der Waals surface area contributed by atoms with Gasteiger partial charge in [0.2, 0.25) is 0 Å². The lowest BCUT2D eigenvalue weighted by Crippen LogP contribution is -1.99. The SMILES string of the molecule is Fc1ccc(C=C(c2ccc(Cl)cc2)n2cncn2)cc1. The highest BCUT2D eigenvalue weighted by atomic mass is 35.5. The Kier molecular flexibility index (Phi) is 3.79. The summed E-state index contributed by atoms with van der Waals surface area (Å²) in [5.41, 5.74) is 2.64. The zero-order valence-electron chi connectivity index (χ0n) is 10.9. The second kappa shape index (κ2) is 5.89. The van der Waals surface area contributed by atoms with Crippen molar-refractivity contribution in [3.05, 3.63) is 83.2 Å². The Balaban J connectivity index is 2.08. The van der Waals surface area contributed by atoms with Crippen molar-refractivity contribution in [1.29, 1.82) is 0 Å². The van der Waals surface area contributed by atoms with E-state index < -0.39 is 0 Å². The van der Waals surface area contributed by atoms with Crippen molar-refractivity contribution in [2.24, 2.45) is 0 Å². The van der Waals surface area contributed by atoms with E-state index in [1.165, 1.54) is 18.5 Å². The topological polar surface area (TPSA) is 30.7 Å². The minimum atomic E-state index is -0.263. The molecule has 3 nitrogen and oxygen atoms in total. The van der Waals surface area contributed by atoms with Gasteiger partial charge in [-0.05, 0) is 35.9 Å². The summed E-state index contributed by atoms with van der Waals surface area (Å²) in [6.07, 6.45) is 5.00. The molecule has 5 heteroatoms. The molecule has 0 unspecified atom stereocenters. The van der Waals surface area contributed by atoms with Crippen LogP contribution in [0.4, 0.5) is 4.39 Å². The van der Waals surface area contributed by atoms with Crippen LogP contribution in [0.3, 0.4) is 0 Å². The van der Waals surface area contributed by atoms with Crippen LogP contribution in [0.2, 0.25) is 5.02 Å². The zero-order valence-corrected chi connectivity index (χ0v) is 11.7. The molecule has 104 valence electrons. The predicted molar refractivity (Wildman–Crippen MR) is 81.1 cm³/mol. The molecule has 0 saturated carbocycles. The average Bonchev–Trinajstić information content (AvgIpc) is 3.02. The molecule has 0 aliphatic carbocycles. The molecule has 0 aliphatic heterocycles. The molecule has 0 bridgehead atoms. The number of nitrogens with zero attached hydrogens (tertiary/aromatic N) is 3. The van der Waals surface area contributed by atoms with Crippen LogP contribution in [0.15, 0.2) is 61.2 Å². The minimum Gasteiger partial charge on any atom is -0.223 e. The van der Waals surface area contributed by atoms with E-state index >= 15 is 0 Å². The van der Waals surface area contributed by atoms with Crippen molar-refractivity contribution in [2.45, 2.75) is 0 Å². The molecule has 21 heavy (non-hydrogen) atoms. The van der Waals surface area contributed by atoms with Gasteiger partial charge in [-0.3, -0.25) is 0 Å². The van der Waals surface area contributed by atoms with Gasteiger partial charge in [-0.1, -0.05) is 35.9 Å². The van der Waals surface area contributed by atoms with Crippen LogP contribution in [0.5, 0.6) is 0 Å². The van der Waals surface area contributed by atoms with Gasteiger partial charge in [-0.2, -0.15) is 5.10 Å². The van der Waals surface area contributed by atoms with E-state index in [-0.39, 0.29) is 5.82 Å². The normalized spacial score (nSPS) is 11.6. The van der Waals surface area contributed by atoms with Crippen LogP contribution in [0, 0.1) is 5.82 Å². The summed E-state index contributed by atoms with van der Waals surface area (Å²) in [4.78, 5) is 3.97. The molecule has 1 aromatic heterocycles. The largest absolute Gasteiger partial charge is 0.223 e. The van der Waals surface area contributed by atoms with E-state index in [1.54, 1.807) is 23.1 Å². The molecule has 0 atom stereocenters. The lowest BCUT2D eigenvalue weighted by molar-refractivity contribution is 0.628. The van der Waals surface area contributed by atoms with Gasteiger partial charge in [0.05, 0.1) is 5.70 Å². The van der Waals surface area contributed by atoms with E-state index in [0.29, 0.717) is 5.02 Å². The summed E-state index contributed by atoms with van der Waals surface area (Å²) in [5, 5.41) is 4.82. The molecule has 0 saturated heterocycles. The number of rotatable bonds is 3. The third-order valence-electron chi connectivity index (χ3n) is 2.98. The first-order valence-corrected chi connectivity index (χ1v) is 6.68. The number of aromatic nitrogens is 3. The van der Waals surface area contributed by atoms with E-state index in [9.17, 15) is 4.39 Å². The Morgan fingerprint density at radius 3 is 2.38 bits per heavy atom. The Bertz CT molecular complexity index is 747. The predicted octanol–water partition coefficient (Wildman–Crippen LogP) is 4.12. The van der Waals surface area contributed by atoms with Crippen molar-refractivity contribution in [1.82, 2.24) is 14.8 Å². The fourth-order valence-electron chi connectivity index (χ4n) is 1.95. The summed E-state index contributed by atoms with van der Waals surface area (Å²) >= 11 is 5.92. The van der Waals surface area contributed by atoms with Crippen LogP contribution >= 0.6 is 11.6 Å². The molecular weight excluding hydrogens is 289 g/mol. The smallest absolute Gasteiger partial charge is 0.138 e. The number of benzene rings is 2. The second-order valence-electron chi connectivity index (χ2n) is 4.43. The second-order valence-corrected chi connectivity index (χ2v) is 4.86. The molecule has 0 fully saturated rings. The monoisotopic (exact) mass is 299 g/mol. The highest BCUT2D eigenvalue weighted by Gasteiger charge is 2.06. The van der Waals surface area contributed by atoms with Gasteiger partial charge in [-0.25, -0.2) is 14.1 Å². The van der Waals surface area contributed by atoms with Gasteiger partial charge in [0.25, 0.3) is 0 Å². The molecule has 1 heterocycles. The number of halogens is 2. The van der Waals surface area contributed by atoms with E-state index in [0.717, 1.165) is 16.8 Å². The summed E-state index contributed by atoms with van der Waals surface area (Å²) in [5.74, 6) is -0.263. The summed E-state index contributed by atoms with van der Waals surface area (Å²) in [6.45, 7) is 0. The maximum Gasteiger partial charge on any atom is 0.138 e. The van der Waals surface area contributed by atoms with Crippen molar-refractivity contribution >= 4 is 23.4 Å². The molecule has 0 aliphatic rings. The van der Waals surface area contributed by atoms with Gasteiger partial charge in [0.15, 0.2) is 0 Å². The van der Waals surface area contributed by atoms with E-state index in [2.05, 4.69) is 10.1 Å². The molecular formula is C16H11ClFN3. The lowest BCUT2D eigenvalue weighted by Gasteiger charge is -2.08. The third-order valence-corrected chi connectivity index (χ3v) is 3.23. The van der Waals surface area contributed by atoms with Gasteiger partial charge < -0.3 is 0 Å². The molecule has 2 aromatic carbocycles. The zero-order chi connectivity index (χ0) is 14.7. The average molecular weight is 300 g/mol. The Hall–Kier alpha value is -2.46. The van der Waals surface area contributed by atoms with Crippen molar-refractivity contribution in [3.8, 4) is 0 Å². The standard InChI is InChI=1S/C16H11ClFN3/c17-14-5-3-13(4-6-14)16(21-11-19-10-20-21)9-12-1-7-15(18)8-2-12/h1-11H. The summed E-state index contributed by atoms with van der Waals surface area (Å²) in [6, 6.07) is 13.7. The minimum absolute atomic E-state index is 0.263. The first-order chi connectivity index (χ1) is 10.2. The van der Waals surface area contributed by atoms with Crippen molar-refractivity contribution in [2.75, 3.05) is 0 Å². The van der Waals surface area contributed by atoms with E-state index in [1.807, 2.05) is 30.3 Å². The number of hydrogen-bond acceptors (Lipinski definition) is 2. The van der Waals surface area contributed by atoms with Crippen LogP contribution in [0.1, 0.15) is 11.1 Å². The summed E-state index contributed by atoms with van der Waals surface area (Å²) < 4.78 is 14.7. The van der Waals surface area contributed by atoms with Crippen molar-refractivity contribution in [3.63, 3.8) is 0 Å². The molecule has 3 rings (SSSR count). The van der Waals surface area contributed by atoms with Crippen LogP contribution in [0.25, 0.3) is 11.8 Å². The maximum atomic E-state index is 13.0. The highest BCUT2D eigenvalue weighted by Crippen LogP contribution is 2.21. The van der Waals surface area contributed by atoms with Crippen LogP contribution in [-0.2, 0) is 0 Å². The molecule has 0 spiro atoms.